The van der Waals surface area contributed by atoms with Crippen molar-refractivity contribution in [1.82, 2.24) is 0 Å². The van der Waals surface area contributed by atoms with Crippen molar-refractivity contribution < 1.29 is 14.4 Å². The molecule has 3 nitrogen and oxygen atoms in total. The molecule has 0 saturated heterocycles. The Morgan fingerprint density at radius 2 is 1.77 bits per heavy atom. The molecule has 0 heterocycles. The van der Waals surface area contributed by atoms with Crippen molar-refractivity contribution in [2.45, 2.75) is 26.2 Å². The van der Waals surface area contributed by atoms with Crippen LogP contribution in [0, 0.1) is 17.8 Å². The zero-order valence-corrected chi connectivity index (χ0v) is 7.73. The van der Waals surface area contributed by atoms with E-state index in [0.29, 0.717) is 12.8 Å². The van der Waals surface area contributed by atoms with Gasteiger partial charge in [0.15, 0.2) is 0 Å². The number of hydrogen-bond donors (Lipinski definition) is 0. The van der Waals surface area contributed by atoms with Crippen LogP contribution in [-0.4, -0.2) is 18.4 Å². The Balaban J connectivity index is 2.62. The van der Waals surface area contributed by atoms with Gasteiger partial charge in [0.2, 0.25) is 0 Å². The molecule has 1 aliphatic carbocycles. The van der Waals surface area contributed by atoms with Gasteiger partial charge in [-0.25, -0.2) is 0 Å². The van der Waals surface area contributed by atoms with Gasteiger partial charge in [0.1, 0.15) is 18.4 Å². The first-order valence-electron chi connectivity index (χ1n) is 4.60. The molecular formula is C10H14O3. The van der Waals surface area contributed by atoms with Gasteiger partial charge in [-0.1, -0.05) is 0 Å². The van der Waals surface area contributed by atoms with Gasteiger partial charge in [-0.05, 0) is 26.2 Å². The molecule has 3 unspecified atom stereocenters. The molecule has 1 saturated carbocycles. The smallest absolute Gasteiger partial charge is 0.132 e. The van der Waals surface area contributed by atoms with Crippen LogP contribution in [0.2, 0.25) is 0 Å². The van der Waals surface area contributed by atoms with E-state index in [2.05, 4.69) is 0 Å². The van der Waals surface area contributed by atoms with E-state index in [4.69, 9.17) is 0 Å². The second kappa shape index (κ2) is 4.30. The number of carbonyl (C=O) groups is 3. The lowest BCUT2D eigenvalue weighted by Gasteiger charge is -2.28. The van der Waals surface area contributed by atoms with Crippen LogP contribution in [0.3, 0.4) is 0 Å². The third kappa shape index (κ3) is 2.23. The Morgan fingerprint density at radius 3 is 2.23 bits per heavy atom. The maximum absolute atomic E-state index is 11.1. The highest BCUT2D eigenvalue weighted by Crippen LogP contribution is 2.31. The Hall–Kier alpha value is -0.990. The fraction of sp³-hybridized carbons (Fsp3) is 0.700. The highest BCUT2D eigenvalue weighted by Gasteiger charge is 2.31. The second-order valence-corrected chi connectivity index (χ2v) is 3.72. The molecule has 0 aromatic heterocycles. The molecule has 3 atom stereocenters. The highest BCUT2D eigenvalue weighted by molar-refractivity contribution is 5.79. The van der Waals surface area contributed by atoms with Crippen molar-refractivity contribution in [3.63, 3.8) is 0 Å². The third-order valence-corrected chi connectivity index (χ3v) is 2.88. The monoisotopic (exact) mass is 182 g/mol. The SMILES string of the molecule is CC(=O)C1CCC(C=O)C(C=O)C1. The maximum atomic E-state index is 11.1. The lowest BCUT2D eigenvalue weighted by molar-refractivity contribution is -0.127. The van der Waals surface area contributed by atoms with Gasteiger partial charge in [0, 0.05) is 17.8 Å². The fourth-order valence-electron chi connectivity index (χ4n) is 1.92. The van der Waals surface area contributed by atoms with Gasteiger partial charge >= 0.3 is 0 Å². The van der Waals surface area contributed by atoms with E-state index >= 15 is 0 Å². The normalized spacial score (nSPS) is 33.8. The van der Waals surface area contributed by atoms with Crippen LogP contribution in [0.25, 0.3) is 0 Å². The van der Waals surface area contributed by atoms with Crippen LogP contribution in [0.1, 0.15) is 26.2 Å². The number of hydrogen-bond acceptors (Lipinski definition) is 3. The summed E-state index contributed by atoms with van der Waals surface area (Å²) < 4.78 is 0. The highest BCUT2D eigenvalue weighted by atomic mass is 16.1. The number of Topliss-reactive ketones (excluding diaryl/α,β-unsaturated/α-hetero) is 1. The summed E-state index contributed by atoms with van der Waals surface area (Å²) in [5.41, 5.74) is 0. The van der Waals surface area contributed by atoms with Crippen molar-refractivity contribution in [3.8, 4) is 0 Å². The van der Waals surface area contributed by atoms with Crippen LogP contribution in [-0.2, 0) is 14.4 Å². The van der Waals surface area contributed by atoms with Crippen molar-refractivity contribution in [3.05, 3.63) is 0 Å². The molecule has 72 valence electrons. The van der Waals surface area contributed by atoms with Crippen molar-refractivity contribution in [2.75, 3.05) is 0 Å². The summed E-state index contributed by atoms with van der Waals surface area (Å²) in [6.45, 7) is 1.55. The molecule has 3 heteroatoms. The molecule has 0 aromatic rings. The van der Waals surface area contributed by atoms with Crippen molar-refractivity contribution in [1.29, 1.82) is 0 Å². The van der Waals surface area contributed by atoms with Gasteiger partial charge < -0.3 is 9.59 Å². The van der Waals surface area contributed by atoms with Crippen molar-refractivity contribution in [2.24, 2.45) is 17.8 Å². The number of ketones is 1. The number of carbonyl (C=O) groups excluding carboxylic acids is 3. The van der Waals surface area contributed by atoms with Gasteiger partial charge in [-0.3, -0.25) is 4.79 Å². The van der Waals surface area contributed by atoms with E-state index in [0.717, 1.165) is 19.0 Å². The lowest BCUT2D eigenvalue weighted by Crippen LogP contribution is -2.29. The van der Waals surface area contributed by atoms with Gasteiger partial charge in [-0.2, -0.15) is 0 Å². The average Bonchev–Trinajstić information content (AvgIpc) is 2.16. The predicted octanol–water partition coefficient (Wildman–Crippen LogP) is 1.01. The Morgan fingerprint density at radius 1 is 1.15 bits per heavy atom. The van der Waals surface area contributed by atoms with Crippen LogP contribution in [0.5, 0.6) is 0 Å². The molecule has 13 heavy (non-hydrogen) atoms. The van der Waals surface area contributed by atoms with Crippen LogP contribution in [0.15, 0.2) is 0 Å². The van der Waals surface area contributed by atoms with Crippen LogP contribution in [0.4, 0.5) is 0 Å². The molecule has 0 N–H and O–H groups in total. The fourth-order valence-corrected chi connectivity index (χ4v) is 1.92. The van der Waals surface area contributed by atoms with E-state index in [1.807, 2.05) is 0 Å². The second-order valence-electron chi connectivity index (χ2n) is 3.72. The molecule has 0 aliphatic heterocycles. The van der Waals surface area contributed by atoms with E-state index < -0.39 is 0 Å². The minimum absolute atomic E-state index is 0.00796. The first-order chi connectivity index (χ1) is 6.19. The summed E-state index contributed by atoms with van der Waals surface area (Å²) in [4.78, 5) is 32.2. The quantitative estimate of drug-likeness (QED) is 0.612. The zero-order valence-electron chi connectivity index (χ0n) is 7.73. The van der Waals surface area contributed by atoms with Crippen LogP contribution < -0.4 is 0 Å². The first-order valence-corrected chi connectivity index (χ1v) is 4.60. The molecule has 1 aliphatic rings. The summed E-state index contributed by atoms with van der Waals surface area (Å²) in [7, 11) is 0. The van der Waals surface area contributed by atoms with Crippen LogP contribution >= 0.6 is 0 Å². The predicted molar refractivity (Wildman–Crippen MR) is 47.1 cm³/mol. The number of rotatable bonds is 3. The Kier molecular flexibility index (Phi) is 3.34. The number of aldehydes is 2. The van der Waals surface area contributed by atoms with Gasteiger partial charge in [0.05, 0.1) is 0 Å². The van der Waals surface area contributed by atoms with E-state index in [1.54, 1.807) is 6.92 Å². The first kappa shape index (κ1) is 10.1. The lowest BCUT2D eigenvalue weighted by atomic mass is 9.74. The Bertz CT molecular complexity index is 222. The summed E-state index contributed by atoms with van der Waals surface area (Å²) in [6, 6.07) is 0. The average molecular weight is 182 g/mol. The minimum Gasteiger partial charge on any atom is -0.303 e. The zero-order chi connectivity index (χ0) is 9.84. The summed E-state index contributed by atoms with van der Waals surface area (Å²) in [5, 5.41) is 0. The van der Waals surface area contributed by atoms with E-state index in [1.165, 1.54) is 0 Å². The Labute approximate surface area is 77.5 Å². The summed E-state index contributed by atoms with van der Waals surface area (Å²) >= 11 is 0. The molecule has 1 fully saturated rings. The van der Waals surface area contributed by atoms with E-state index in [9.17, 15) is 14.4 Å². The summed E-state index contributed by atoms with van der Waals surface area (Å²) in [5.74, 6) is -0.268. The molecule has 1 rings (SSSR count). The molecular weight excluding hydrogens is 168 g/mol. The molecule has 0 radical (unpaired) electrons. The topological polar surface area (TPSA) is 51.2 Å². The molecule has 0 amide bonds. The standard InChI is InChI=1S/C10H14O3/c1-7(13)8-2-3-9(5-11)10(4-8)6-12/h5-6,8-10H,2-4H2,1H3. The largest absolute Gasteiger partial charge is 0.303 e. The molecule has 0 bridgehead atoms. The molecule has 0 spiro atoms. The molecule has 0 aromatic carbocycles. The minimum atomic E-state index is -0.236. The summed E-state index contributed by atoms with van der Waals surface area (Å²) in [6.07, 6.45) is 3.64. The third-order valence-electron chi connectivity index (χ3n) is 2.88. The van der Waals surface area contributed by atoms with Gasteiger partial charge in [0.25, 0.3) is 0 Å². The van der Waals surface area contributed by atoms with E-state index in [-0.39, 0.29) is 23.5 Å². The van der Waals surface area contributed by atoms with Gasteiger partial charge in [-0.15, -0.1) is 0 Å². The van der Waals surface area contributed by atoms with Crippen molar-refractivity contribution >= 4 is 18.4 Å². The maximum Gasteiger partial charge on any atom is 0.132 e.